The fraction of sp³-hybridized carbons (Fsp3) is 0.471. The number of nitrogens with zero attached hydrogens (tertiary/aromatic N) is 2. The lowest BCUT2D eigenvalue weighted by Gasteiger charge is -2.11. The number of hydrogen-bond donors (Lipinski definition) is 1. The first-order chi connectivity index (χ1) is 10.0. The highest BCUT2D eigenvalue weighted by atomic mass is 16.5. The van der Waals surface area contributed by atoms with Crippen molar-refractivity contribution in [3.63, 3.8) is 0 Å². The van der Waals surface area contributed by atoms with Crippen molar-refractivity contribution in [1.29, 1.82) is 0 Å². The molecule has 2 rings (SSSR count). The zero-order chi connectivity index (χ0) is 15.2. The molecular weight excluding hydrogens is 262 g/mol. The molecule has 0 atom stereocenters. The van der Waals surface area contributed by atoms with Gasteiger partial charge in [0.15, 0.2) is 0 Å². The van der Waals surface area contributed by atoms with Gasteiger partial charge in [-0.15, -0.1) is 0 Å². The second-order valence-corrected chi connectivity index (χ2v) is 5.68. The normalized spacial score (nSPS) is 11.1. The first kappa shape index (κ1) is 15.6. The van der Waals surface area contributed by atoms with Crippen LogP contribution in [-0.2, 0) is 13.1 Å². The monoisotopic (exact) mass is 287 g/mol. The van der Waals surface area contributed by atoms with Crippen LogP contribution in [0.2, 0.25) is 0 Å². The second-order valence-electron chi connectivity index (χ2n) is 5.68. The number of hydrogen-bond acceptors (Lipinski definition) is 3. The standard InChI is InChI=1S/C17H25N3O/c1-13(2)18-12-16-6-5-7-17(11-16)21-9-8-20-15(4)10-14(3)19-20/h5-7,10-11,13,18H,8-9,12H2,1-4H3. The number of aromatic nitrogens is 2. The first-order valence-electron chi connectivity index (χ1n) is 7.51. The van der Waals surface area contributed by atoms with Crippen LogP contribution in [0.15, 0.2) is 30.3 Å². The molecule has 0 saturated heterocycles. The van der Waals surface area contributed by atoms with Crippen LogP contribution in [0.25, 0.3) is 0 Å². The molecule has 0 aliphatic heterocycles. The van der Waals surface area contributed by atoms with E-state index in [4.69, 9.17) is 4.74 Å². The fourth-order valence-corrected chi connectivity index (χ4v) is 2.22. The third-order valence-corrected chi connectivity index (χ3v) is 3.29. The van der Waals surface area contributed by atoms with Gasteiger partial charge in [0, 0.05) is 18.3 Å². The van der Waals surface area contributed by atoms with Gasteiger partial charge in [0.2, 0.25) is 0 Å². The van der Waals surface area contributed by atoms with E-state index in [9.17, 15) is 0 Å². The molecule has 0 fully saturated rings. The van der Waals surface area contributed by atoms with Gasteiger partial charge in [-0.05, 0) is 37.6 Å². The number of aryl methyl sites for hydroxylation is 2. The smallest absolute Gasteiger partial charge is 0.119 e. The summed E-state index contributed by atoms with van der Waals surface area (Å²) in [5, 5.41) is 7.85. The van der Waals surface area contributed by atoms with Crippen LogP contribution in [0.4, 0.5) is 0 Å². The molecule has 0 aliphatic rings. The molecule has 4 nitrogen and oxygen atoms in total. The van der Waals surface area contributed by atoms with Gasteiger partial charge >= 0.3 is 0 Å². The maximum atomic E-state index is 5.83. The molecule has 1 aromatic carbocycles. The lowest BCUT2D eigenvalue weighted by atomic mass is 10.2. The number of nitrogens with one attached hydrogen (secondary N) is 1. The predicted molar refractivity (Wildman–Crippen MR) is 85.6 cm³/mol. The minimum absolute atomic E-state index is 0.487. The number of benzene rings is 1. The molecule has 1 heterocycles. The molecule has 2 aromatic rings. The molecule has 4 heteroatoms. The molecule has 1 N–H and O–H groups in total. The van der Waals surface area contributed by atoms with E-state index in [0.29, 0.717) is 12.6 Å². The average Bonchev–Trinajstić information content (AvgIpc) is 2.75. The fourth-order valence-electron chi connectivity index (χ4n) is 2.22. The summed E-state index contributed by atoms with van der Waals surface area (Å²) in [6.07, 6.45) is 0. The molecule has 0 spiro atoms. The highest BCUT2D eigenvalue weighted by Gasteiger charge is 2.02. The Morgan fingerprint density at radius 1 is 1.24 bits per heavy atom. The van der Waals surface area contributed by atoms with E-state index in [2.05, 4.69) is 49.4 Å². The van der Waals surface area contributed by atoms with Gasteiger partial charge in [0.25, 0.3) is 0 Å². The second kappa shape index (κ2) is 7.27. The Labute approximate surface area is 127 Å². The maximum Gasteiger partial charge on any atom is 0.119 e. The molecule has 0 aliphatic carbocycles. The molecule has 1 aromatic heterocycles. The van der Waals surface area contributed by atoms with Gasteiger partial charge in [-0.2, -0.15) is 5.10 Å². The van der Waals surface area contributed by atoms with Crippen molar-refractivity contribution >= 4 is 0 Å². The van der Waals surface area contributed by atoms with Crippen LogP contribution in [0, 0.1) is 13.8 Å². The van der Waals surface area contributed by atoms with Crippen LogP contribution in [0.1, 0.15) is 30.8 Å². The van der Waals surface area contributed by atoms with Crippen molar-refractivity contribution in [3.05, 3.63) is 47.3 Å². The van der Waals surface area contributed by atoms with E-state index in [1.165, 1.54) is 11.3 Å². The van der Waals surface area contributed by atoms with Gasteiger partial charge in [-0.1, -0.05) is 26.0 Å². The Kier molecular flexibility index (Phi) is 5.39. The van der Waals surface area contributed by atoms with Crippen molar-refractivity contribution in [2.45, 2.75) is 46.8 Å². The quantitative estimate of drug-likeness (QED) is 0.850. The molecule has 0 saturated carbocycles. The van der Waals surface area contributed by atoms with Crippen LogP contribution in [0.3, 0.4) is 0 Å². The minimum atomic E-state index is 0.487. The summed E-state index contributed by atoms with van der Waals surface area (Å²) < 4.78 is 7.82. The zero-order valence-electron chi connectivity index (χ0n) is 13.4. The molecule has 0 unspecified atom stereocenters. The summed E-state index contributed by atoms with van der Waals surface area (Å²) >= 11 is 0. The van der Waals surface area contributed by atoms with Crippen LogP contribution in [-0.4, -0.2) is 22.4 Å². The van der Waals surface area contributed by atoms with Crippen LogP contribution < -0.4 is 10.1 Å². The van der Waals surface area contributed by atoms with Crippen molar-refractivity contribution in [3.8, 4) is 5.75 Å². The predicted octanol–water partition coefficient (Wildman–Crippen LogP) is 3.08. The van der Waals surface area contributed by atoms with Crippen molar-refractivity contribution in [1.82, 2.24) is 15.1 Å². The highest BCUT2D eigenvalue weighted by Crippen LogP contribution is 2.13. The Morgan fingerprint density at radius 3 is 2.71 bits per heavy atom. The summed E-state index contributed by atoms with van der Waals surface area (Å²) in [7, 11) is 0. The summed E-state index contributed by atoms with van der Waals surface area (Å²) in [6, 6.07) is 10.8. The van der Waals surface area contributed by atoms with E-state index in [1.807, 2.05) is 23.7 Å². The Balaban J connectivity index is 1.85. The summed E-state index contributed by atoms with van der Waals surface area (Å²) in [6.45, 7) is 10.6. The van der Waals surface area contributed by atoms with Crippen molar-refractivity contribution < 1.29 is 4.74 Å². The number of ether oxygens (including phenoxy) is 1. The average molecular weight is 287 g/mol. The Bertz CT molecular complexity index is 575. The van der Waals surface area contributed by atoms with Gasteiger partial charge in [-0.3, -0.25) is 4.68 Å². The summed E-state index contributed by atoms with van der Waals surface area (Å²) in [4.78, 5) is 0. The van der Waals surface area contributed by atoms with E-state index in [1.54, 1.807) is 0 Å². The topological polar surface area (TPSA) is 39.1 Å². The van der Waals surface area contributed by atoms with E-state index >= 15 is 0 Å². The van der Waals surface area contributed by atoms with Gasteiger partial charge in [0.1, 0.15) is 12.4 Å². The lowest BCUT2D eigenvalue weighted by molar-refractivity contribution is 0.289. The largest absolute Gasteiger partial charge is 0.492 e. The van der Waals surface area contributed by atoms with Crippen molar-refractivity contribution in [2.75, 3.05) is 6.61 Å². The first-order valence-corrected chi connectivity index (χ1v) is 7.51. The van der Waals surface area contributed by atoms with Gasteiger partial charge in [-0.25, -0.2) is 0 Å². The minimum Gasteiger partial charge on any atom is -0.492 e. The number of rotatable bonds is 7. The third kappa shape index (κ3) is 4.90. The lowest BCUT2D eigenvalue weighted by Crippen LogP contribution is -2.21. The maximum absolute atomic E-state index is 5.83. The highest BCUT2D eigenvalue weighted by molar-refractivity contribution is 5.28. The van der Waals surface area contributed by atoms with Crippen LogP contribution >= 0.6 is 0 Å². The molecule has 0 amide bonds. The van der Waals surface area contributed by atoms with Gasteiger partial charge in [0.05, 0.1) is 12.2 Å². The molecule has 114 valence electrons. The van der Waals surface area contributed by atoms with Crippen LogP contribution in [0.5, 0.6) is 5.75 Å². The van der Waals surface area contributed by atoms with Crippen molar-refractivity contribution in [2.24, 2.45) is 0 Å². The van der Waals surface area contributed by atoms with E-state index in [0.717, 1.165) is 24.5 Å². The molecule has 0 bridgehead atoms. The van der Waals surface area contributed by atoms with E-state index in [-0.39, 0.29) is 0 Å². The summed E-state index contributed by atoms with van der Waals surface area (Å²) in [5.74, 6) is 0.916. The SMILES string of the molecule is Cc1cc(C)n(CCOc2cccc(CNC(C)C)c2)n1. The van der Waals surface area contributed by atoms with E-state index < -0.39 is 0 Å². The van der Waals surface area contributed by atoms with Gasteiger partial charge < -0.3 is 10.1 Å². The third-order valence-electron chi connectivity index (χ3n) is 3.29. The molecular formula is C17H25N3O. The molecule has 21 heavy (non-hydrogen) atoms. The Hall–Kier alpha value is -1.81. The Morgan fingerprint density at radius 2 is 2.05 bits per heavy atom. The zero-order valence-corrected chi connectivity index (χ0v) is 13.4. The summed E-state index contributed by atoms with van der Waals surface area (Å²) in [5.41, 5.74) is 3.47. The molecule has 0 radical (unpaired) electrons.